The Morgan fingerprint density at radius 1 is 1.19 bits per heavy atom. The number of rotatable bonds is 7. The van der Waals surface area contributed by atoms with E-state index in [2.05, 4.69) is 5.32 Å². The van der Waals surface area contributed by atoms with Crippen LogP contribution in [-0.4, -0.2) is 41.4 Å². The van der Waals surface area contributed by atoms with Gasteiger partial charge in [0, 0.05) is 42.4 Å². The van der Waals surface area contributed by atoms with Crippen LogP contribution < -0.4 is 10.2 Å². The Morgan fingerprint density at radius 2 is 1.94 bits per heavy atom. The van der Waals surface area contributed by atoms with E-state index in [4.69, 9.17) is 4.74 Å². The minimum Gasteiger partial charge on any atom is -0.379 e. The maximum absolute atomic E-state index is 13.7. The first-order valence-corrected chi connectivity index (χ1v) is 12.7. The highest BCUT2D eigenvalue weighted by atomic mass is 32.2. The average molecular weight is 520 g/mol. The second-order valence-electron chi connectivity index (χ2n) is 8.86. The zero-order chi connectivity index (χ0) is 26.0. The molecule has 192 valence electrons. The topological polar surface area (TPSA) is 63.6 Å². The van der Waals surface area contributed by atoms with E-state index in [1.165, 1.54) is 28.8 Å². The summed E-state index contributed by atoms with van der Waals surface area (Å²) in [5, 5.41) is 4.39. The van der Waals surface area contributed by atoms with Crippen LogP contribution >= 0.6 is 11.8 Å². The van der Waals surface area contributed by atoms with E-state index in [0.717, 1.165) is 28.1 Å². The summed E-state index contributed by atoms with van der Waals surface area (Å²) >= 11 is 1.28. The van der Waals surface area contributed by atoms with Crippen molar-refractivity contribution in [2.75, 3.05) is 23.8 Å². The zero-order valence-corrected chi connectivity index (χ0v) is 21.1. The summed E-state index contributed by atoms with van der Waals surface area (Å²) in [7, 11) is 1.86. The van der Waals surface area contributed by atoms with E-state index in [1.807, 2.05) is 49.7 Å². The lowest BCUT2D eigenvalue weighted by Crippen LogP contribution is -2.44. The molecule has 2 aromatic carbocycles. The van der Waals surface area contributed by atoms with Crippen molar-refractivity contribution in [2.45, 2.75) is 43.6 Å². The van der Waals surface area contributed by atoms with Gasteiger partial charge in [0.2, 0.25) is 11.8 Å². The van der Waals surface area contributed by atoms with Crippen molar-refractivity contribution in [1.29, 1.82) is 0 Å². The molecule has 1 unspecified atom stereocenters. The van der Waals surface area contributed by atoms with Gasteiger partial charge in [0.1, 0.15) is 6.04 Å². The lowest BCUT2D eigenvalue weighted by atomic mass is 10.0. The van der Waals surface area contributed by atoms with Gasteiger partial charge in [0.25, 0.3) is 0 Å². The number of halogens is 3. The van der Waals surface area contributed by atoms with Crippen LogP contribution in [0.2, 0.25) is 0 Å². The Balaban J connectivity index is 1.80. The summed E-state index contributed by atoms with van der Waals surface area (Å²) in [6.45, 7) is 4.60. The molecule has 3 aromatic rings. The molecule has 0 fully saturated rings. The third kappa shape index (κ3) is 5.24. The van der Waals surface area contributed by atoms with E-state index in [-0.39, 0.29) is 17.5 Å². The molecule has 0 radical (unpaired) electrons. The summed E-state index contributed by atoms with van der Waals surface area (Å²) in [6, 6.07) is 10.9. The predicted octanol–water partition coefficient (Wildman–Crippen LogP) is 5.31. The van der Waals surface area contributed by atoms with Crippen LogP contribution in [0.5, 0.6) is 0 Å². The standard InChI is InChI=1S/C26H28F3N3O3S/c1-16(2)35-13-7-12-30-24(34)23-22-19-10-4-5-11-20(19)31(3)25(22)36-15-21(33)32(23)18-9-6-8-17(14-18)26(27,28)29/h4-6,8-11,14,16,23H,7,12-13,15H2,1-3H3,(H,30,34). The number of aromatic nitrogens is 1. The van der Waals surface area contributed by atoms with Crippen LogP contribution in [0, 0.1) is 0 Å². The van der Waals surface area contributed by atoms with Crippen LogP contribution in [0.4, 0.5) is 18.9 Å². The van der Waals surface area contributed by atoms with Gasteiger partial charge >= 0.3 is 6.18 Å². The number of amides is 2. The molecule has 4 rings (SSSR count). The smallest absolute Gasteiger partial charge is 0.379 e. The van der Waals surface area contributed by atoms with Crippen molar-refractivity contribution in [3.63, 3.8) is 0 Å². The maximum Gasteiger partial charge on any atom is 0.416 e. The molecule has 36 heavy (non-hydrogen) atoms. The van der Waals surface area contributed by atoms with Gasteiger partial charge < -0.3 is 14.6 Å². The van der Waals surface area contributed by atoms with Crippen molar-refractivity contribution < 1.29 is 27.5 Å². The largest absolute Gasteiger partial charge is 0.416 e. The molecule has 0 saturated heterocycles. The third-order valence-corrected chi connectivity index (χ3v) is 7.15. The molecule has 0 spiro atoms. The molecule has 1 atom stereocenters. The van der Waals surface area contributed by atoms with E-state index in [0.29, 0.717) is 25.1 Å². The highest BCUT2D eigenvalue weighted by Crippen LogP contribution is 2.44. The van der Waals surface area contributed by atoms with E-state index < -0.39 is 29.6 Å². The van der Waals surface area contributed by atoms with Crippen molar-refractivity contribution >= 4 is 40.2 Å². The number of anilines is 1. The first-order valence-electron chi connectivity index (χ1n) is 11.7. The number of nitrogens with zero attached hydrogens (tertiary/aromatic N) is 2. The number of hydrogen-bond donors (Lipinski definition) is 1. The van der Waals surface area contributed by atoms with Crippen molar-refractivity contribution in [3.05, 3.63) is 59.7 Å². The Hall–Kier alpha value is -2.98. The maximum atomic E-state index is 13.7. The summed E-state index contributed by atoms with van der Waals surface area (Å²) in [5.41, 5.74) is 0.626. The van der Waals surface area contributed by atoms with Gasteiger partial charge in [-0.15, -0.1) is 0 Å². The fraction of sp³-hybridized carbons (Fsp3) is 0.385. The molecule has 1 aromatic heterocycles. The number of hydrogen-bond acceptors (Lipinski definition) is 4. The molecule has 2 heterocycles. The molecule has 0 bridgehead atoms. The molecule has 1 aliphatic rings. The molecule has 2 amide bonds. The first kappa shape index (κ1) is 26.1. The SMILES string of the molecule is CC(C)OCCCNC(=O)C1c2c(n(C)c3ccccc23)SCC(=O)N1c1cccc(C(F)(F)F)c1. The fourth-order valence-corrected chi connectivity index (χ4v) is 5.45. The minimum atomic E-state index is -4.58. The number of nitrogens with one attached hydrogen (secondary N) is 1. The third-order valence-electron chi connectivity index (χ3n) is 5.99. The normalized spacial score (nSPS) is 16.4. The van der Waals surface area contributed by atoms with Gasteiger partial charge in [-0.05, 0) is 44.5 Å². The van der Waals surface area contributed by atoms with Crippen LogP contribution in [0.15, 0.2) is 53.6 Å². The number of benzene rings is 2. The lowest BCUT2D eigenvalue weighted by molar-refractivity contribution is -0.137. The summed E-state index contributed by atoms with van der Waals surface area (Å²) < 4.78 is 48.0. The minimum absolute atomic E-state index is 0.0145. The Morgan fingerprint density at radius 3 is 2.67 bits per heavy atom. The fourth-order valence-electron chi connectivity index (χ4n) is 4.38. The highest BCUT2D eigenvalue weighted by Gasteiger charge is 2.40. The predicted molar refractivity (Wildman–Crippen MR) is 134 cm³/mol. The van der Waals surface area contributed by atoms with Crippen LogP contribution in [-0.2, 0) is 27.5 Å². The Kier molecular flexibility index (Phi) is 7.65. The molecule has 0 aliphatic carbocycles. The van der Waals surface area contributed by atoms with Crippen molar-refractivity contribution in [2.24, 2.45) is 7.05 Å². The number of carbonyl (C=O) groups is 2. The lowest BCUT2D eigenvalue weighted by Gasteiger charge is -2.30. The Bertz CT molecular complexity index is 1270. The molecule has 0 saturated carbocycles. The quantitative estimate of drug-likeness (QED) is 0.430. The first-order chi connectivity index (χ1) is 17.1. The van der Waals surface area contributed by atoms with Gasteiger partial charge in [0.15, 0.2) is 0 Å². The average Bonchev–Trinajstić information content (AvgIpc) is 3.00. The molecule has 1 aliphatic heterocycles. The molecule has 6 nitrogen and oxygen atoms in total. The summed E-state index contributed by atoms with van der Waals surface area (Å²) in [4.78, 5) is 28.3. The van der Waals surface area contributed by atoms with Gasteiger partial charge in [-0.3, -0.25) is 14.5 Å². The van der Waals surface area contributed by atoms with Gasteiger partial charge in [-0.2, -0.15) is 13.2 Å². The van der Waals surface area contributed by atoms with E-state index in [9.17, 15) is 22.8 Å². The molecular formula is C26H28F3N3O3S. The van der Waals surface area contributed by atoms with E-state index in [1.54, 1.807) is 0 Å². The second kappa shape index (κ2) is 10.6. The van der Waals surface area contributed by atoms with Gasteiger partial charge in [0.05, 0.1) is 22.4 Å². The molecule has 10 heteroatoms. The molecular weight excluding hydrogens is 491 g/mol. The van der Waals surface area contributed by atoms with Gasteiger partial charge in [-0.25, -0.2) is 0 Å². The summed E-state index contributed by atoms with van der Waals surface area (Å²) in [6.07, 6.45) is -3.96. The number of carbonyl (C=O) groups excluding carboxylic acids is 2. The number of para-hydroxylation sites is 1. The number of aryl methyl sites for hydroxylation is 1. The number of ether oxygens (including phenoxy) is 1. The number of thioether (sulfide) groups is 1. The second-order valence-corrected chi connectivity index (χ2v) is 9.83. The van der Waals surface area contributed by atoms with Crippen LogP contribution in [0.1, 0.15) is 37.4 Å². The summed E-state index contributed by atoms with van der Waals surface area (Å²) in [5.74, 6) is -0.910. The highest BCUT2D eigenvalue weighted by molar-refractivity contribution is 8.00. The molecule has 1 N–H and O–H groups in total. The number of fused-ring (bicyclic) bond motifs is 3. The monoisotopic (exact) mass is 519 g/mol. The van der Waals surface area contributed by atoms with Crippen molar-refractivity contribution in [1.82, 2.24) is 9.88 Å². The van der Waals surface area contributed by atoms with E-state index >= 15 is 0 Å². The van der Waals surface area contributed by atoms with Gasteiger partial charge in [-0.1, -0.05) is 36.0 Å². The zero-order valence-electron chi connectivity index (χ0n) is 20.3. The number of alkyl halides is 3. The Labute approximate surface area is 211 Å². The van der Waals surface area contributed by atoms with Crippen molar-refractivity contribution in [3.8, 4) is 0 Å². The van der Waals surface area contributed by atoms with Crippen LogP contribution in [0.25, 0.3) is 10.9 Å². The van der Waals surface area contributed by atoms with Crippen LogP contribution in [0.3, 0.4) is 0 Å².